The average molecular weight is 507 g/mol. The Morgan fingerprint density at radius 1 is 0.703 bits per heavy atom. The monoisotopic (exact) mass is 506 g/mol. The Hall–Kier alpha value is -2.98. The molecule has 0 amide bonds. The van der Waals surface area contributed by atoms with E-state index in [4.69, 9.17) is 4.74 Å². The zero-order valence-corrected chi connectivity index (χ0v) is 23.0. The molecule has 2 nitrogen and oxygen atoms in total. The molecular formula is C34H38O2Si. The fourth-order valence-corrected chi connectivity index (χ4v) is 11.2. The largest absolute Gasteiger partial charge is 0.393 e. The molecule has 3 heteroatoms. The van der Waals surface area contributed by atoms with Crippen LogP contribution in [0.15, 0.2) is 121 Å². The van der Waals surface area contributed by atoms with E-state index in [-0.39, 0.29) is 23.2 Å². The van der Waals surface area contributed by atoms with Crippen molar-refractivity contribution in [2.24, 2.45) is 5.92 Å². The molecule has 1 saturated heterocycles. The van der Waals surface area contributed by atoms with E-state index < -0.39 is 8.07 Å². The Morgan fingerprint density at radius 2 is 1.14 bits per heavy atom. The highest BCUT2D eigenvalue weighted by Gasteiger charge is 2.51. The number of benzene rings is 4. The highest BCUT2D eigenvalue weighted by molar-refractivity contribution is 6.82. The summed E-state index contributed by atoms with van der Waals surface area (Å²) in [5.74, 6) is 0.144. The number of rotatable bonds is 8. The van der Waals surface area contributed by atoms with Crippen LogP contribution in [0.5, 0.6) is 0 Å². The van der Waals surface area contributed by atoms with Crippen molar-refractivity contribution in [2.45, 2.75) is 49.2 Å². The molecule has 1 N–H and O–H groups in total. The first-order valence-electron chi connectivity index (χ1n) is 13.5. The van der Waals surface area contributed by atoms with E-state index in [1.807, 2.05) is 6.07 Å². The molecule has 4 aromatic carbocycles. The number of hydrogen-bond acceptors (Lipinski definition) is 2. The van der Waals surface area contributed by atoms with Crippen molar-refractivity contribution in [1.29, 1.82) is 0 Å². The molecule has 0 radical (unpaired) electrons. The Morgan fingerprint density at radius 3 is 1.57 bits per heavy atom. The highest BCUT2D eigenvalue weighted by atomic mass is 28.3. The Bertz CT molecular complexity index is 1150. The summed E-state index contributed by atoms with van der Waals surface area (Å²) >= 11 is 0. The van der Waals surface area contributed by atoms with Gasteiger partial charge in [-0.25, -0.2) is 0 Å². The Balaban J connectivity index is 1.49. The molecule has 1 fully saturated rings. The Labute approximate surface area is 223 Å². The molecule has 1 aliphatic heterocycles. The number of ether oxygens (including phenoxy) is 1. The fraction of sp³-hybridized carbons (Fsp3) is 0.294. The molecule has 37 heavy (non-hydrogen) atoms. The maximum Gasteiger partial charge on any atom is 0.0724 e. The zero-order chi connectivity index (χ0) is 25.7. The third kappa shape index (κ3) is 5.22. The third-order valence-corrected chi connectivity index (χ3v) is 12.7. The van der Waals surface area contributed by atoms with Gasteiger partial charge in [-0.1, -0.05) is 134 Å². The normalized spacial score (nSPS) is 20.5. The van der Waals surface area contributed by atoms with Gasteiger partial charge in [0.05, 0.1) is 26.9 Å². The first kappa shape index (κ1) is 25.7. The SMILES string of the molecule is C[Si](C)(C[C@H]1C[C@@H](O)[C@H](Cc2ccccc2)CO1)C(c1ccccc1)(c1ccccc1)c1ccccc1. The van der Waals surface area contributed by atoms with Crippen LogP contribution in [0.1, 0.15) is 28.7 Å². The molecule has 0 aromatic heterocycles. The van der Waals surface area contributed by atoms with Crippen LogP contribution in [-0.2, 0) is 16.2 Å². The fourth-order valence-electron chi connectivity index (χ4n) is 6.61. The molecule has 0 saturated carbocycles. The van der Waals surface area contributed by atoms with E-state index >= 15 is 0 Å². The summed E-state index contributed by atoms with van der Waals surface area (Å²) in [5, 5.41) is 10.9. The first-order valence-corrected chi connectivity index (χ1v) is 16.7. The predicted molar refractivity (Wildman–Crippen MR) is 155 cm³/mol. The average Bonchev–Trinajstić information content (AvgIpc) is 2.93. The molecule has 3 atom stereocenters. The summed E-state index contributed by atoms with van der Waals surface area (Å²) in [7, 11) is -2.15. The molecule has 5 rings (SSSR count). The van der Waals surface area contributed by atoms with Crippen LogP contribution in [0.3, 0.4) is 0 Å². The molecular weight excluding hydrogens is 468 g/mol. The van der Waals surface area contributed by atoms with Gasteiger partial charge in [0.25, 0.3) is 0 Å². The van der Waals surface area contributed by atoms with Gasteiger partial charge in [0.2, 0.25) is 0 Å². The van der Waals surface area contributed by atoms with Crippen molar-refractivity contribution in [3.8, 4) is 0 Å². The topological polar surface area (TPSA) is 29.5 Å². The van der Waals surface area contributed by atoms with Gasteiger partial charge in [0.1, 0.15) is 0 Å². The van der Waals surface area contributed by atoms with Crippen molar-refractivity contribution in [1.82, 2.24) is 0 Å². The predicted octanol–water partition coefficient (Wildman–Crippen LogP) is 7.28. The molecule has 0 unspecified atom stereocenters. The zero-order valence-electron chi connectivity index (χ0n) is 22.0. The minimum Gasteiger partial charge on any atom is -0.393 e. The van der Waals surface area contributed by atoms with Gasteiger partial charge in [-0.2, -0.15) is 0 Å². The van der Waals surface area contributed by atoms with Crippen LogP contribution in [-0.4, -0.2) is 32.0 Å². The minimum atomic E-state index is -2.15. The molecule has 0 spiro atoms. The Kier molecular flexibility index (Phi) is 7.75. The summed E-state index contributed by atoms with van der Waals surface area (Å²) in [6, 6.07) is 44.5. The highest BCUT2D eigenvalue weighted by Crippen LogP contribution is 2.49. The summed E-state index contributed by atoms with van der Waals surface area (Å²) in [5.41, 5.74) is 5.27. The third-order valence-electron chi connectivity index (χ3n) is 8.31. The summed E-state index contributed by atoms with van der Waals surface area (Å²) < 4.78 is 6.55. The summed E-state index contributed by atoms with van der Waals surface area (Å²) in [6.45, 7) is 5.62. The molecule has 0 aliphatic carbocycles. The lowest BCUT2D eigenvalue weighted by atomic mass is 9.83. The van der Waals surface area contributed by atoms with Gasteiger partial charge < -0.3 is 9.84 Å². The van der Waals surface area contributed by atoms with Crippen molar-refractivity contribution >= 4 is 8.07 Å². The first-order chi connectivity index (χ1) is 18.0. The van der Waals surface area contributed by atoms with Gasteiger partial charge >= 0.3 is 0 Å². The smallest absolute Gasteiger partial charge is 0.0724 e. The lowest BCUT2D eigenvalue weighted by molar-refractivity contribution is -0.0756. The van der Waals surface area contributed by atoms with Crippen molar-refractivity contribution in [2.75, 3.05) is 6.61 Å². The van der Waals surface area contributed by atoms with E-state index in [9.17, 15) is 5.11 Å². The molecule has 190 valence electrons. The van der Waals surface area contributed by atoms with Gasteiger partial charge in [-0.05, 0) is 41.1 Å². The lowest BCUT2D eigenvalue weighted by Crippen LogP contribution is -2.56. The lowest BCUT2D eigenvalue weighted by Gasteiger charge is -2.49. The van der Waals surface area contributed by atoms with Crippen LogP contribution in [0, 0.1) is 5.92 Å². The summed E-state index contributed by atoms with van der Waals surface area (Å²) in [4.78, 5) is 0. The van der Waals surface area contributed by atoms with E-state index in [0.717, 1.165) is 12.5 Å². The van der Waals surface area contributed by atoms with E-state index in [1.165, 1.54) is 22.3 Å². The van der Waals surface area contributed by atoms with Crippen molar-refractivity contribution in [3.05, 3.63) is 144 Å². The van der Waals surface area contributed by atoms with Gasteiger partial charge in [0, 0.05) is 11.0 Å². The second kappa shape index (κ2) is 11.2. The molecule has 0 bridgehead atoms. The van der Waals surface area contributed by atoms with Crippen molar-refractivity contribution < 1.29 is 9.84 Å². The number of aliphatic hydroxyl groups is 1. The second-order valence-corrected chi connectivity index (χ2v) is 16.1. The van der Waals surface area contributed by atoms with Crippen LogP contribution in [0.2, 0.25) is 19.1 Å². The van der Waals surface area contributed by atoms with Crippen LogP contribution in [0.4, 0.5) is 0 Å². The van der Waals surface area contributed by atoms with Gasteiger partial charge in [0.15, 0.2) is 0 Å². The quantitative estimate of drug-likeness (QED) is 0.201. The van der Waals surface area contributed by atoms with Crippen LogP contribution < -0.4 is 0 Å². The van der Waals surface area contributed by atoms with Crippen molar-refractivity contribution in [3.63, 3.8) is 0 Å². The standard InChI is InChI=1S/C34H38O2Si/c1-37(2,26-32-24-33(35)28(25-36-32)23-27-15-7-3-8-16-27)34(29-17-9-4-10-18-29,30-19-11-5-12-20-30)31-21-13-6-14-22-31/h3-22,28,32-33,35H,23-26H2,1-2H3/t28-,32-,33-/m1/s1. The van der Waals surface area contributed by atoms with Crippen LogP contribution >= 0.6 is 0 Å². The number of aliphatic hydroxyl groups excluding tert-OH is 1. The molecule has 4 aromatic rings. The summed E-state index contributed by atoms with van der Waals surface area (Å²) in [6.07, 6.45) is 1.27. The van der Waals surface area contributed by atoms with E-state index in [1.54, 1.807) is 0 Å². The van der Waals surface area contributed by atoms with Gasteiger partial charge in [-0.15, -0.1) is 0 Å². The van der Waals surface area contributed by atoms with E-state index in [0.29, 0.717) is 13.0 Å². The maximum atomic E-state index is 11.2. The maximum absolute atomic E-state index is 11.2. The molecule has 1 aliphatic rings. The van der Waals surface area contributed by atoms with Gasteiger partial charge in [-0.3, -0.25) is 0 Å². The molecule has 1 heterocycles. The van der Waals surface area contributed by atoms with E-state index in [2.05, 4.69) is 128 Å². The number of hydrogen-bond donors (Lipinski definition) is 1. The second-order valence-electron chi connectivity index (χ2n) is 11.1. The van der Waals surface area contributed by atoms with Crippen LogP contribution in [0.25, 0.3) is 0 Å². The minimum absolute atomic E-state index is 0.0548.